The van der Waals surface area contributed by atoms with Crippen LogP contribution >= 0.6 is 0 Å². The highest BCUT2D eigenvalue weighted by atomic mass is 16.6. The lowest BCUT2D eigenvalue weighted by Gasteiger charge is -2.24. The lowest BCUT2D eigenvalue weighted by molar-refractivity contribution is -0.123. The van der Waals surface area contributed by atoms with Gasteiger partial charge in [0.2, 0.25) is 5.91 Å². The van der Waals surface area contributed by atoms with Gasteiger partial charge in [0.25, 0.3) is 0 Å². The highest BCUT2D eigenvalue weighted by molar-refractivity contribution is 5.86. The molecule has 0 radical (unpaired) electrons. The van der Waals surface area contributed by atoms with Crippen molar-refractivity contribution in [2.75, 3.05) is 13.1 Å². The van der Waals surface area contributed by atoms with E-state index in [1.54, 1.807) is 20.8 Å². The molecule has 24 heavy (non-hydrogen) atoms. The van der Waals surface area contributed by atoms with E-state index in [0.717, 1.165) is 25.1 Å². The Kier molecular flexibility index (Phi) is 6.20. The molecule has 0 saturated carbocycles. The average Bonchev–Trinajstić information content (AvgIpc) is 2.98. The van der Waals surface area contributed by atoms with Crippen molar-refractivity contribution in [1.29, 1.82) is 0 Å². The normalized spacial score (nSPS) is 18.7. The summed E-state index contributed by atoms with van der Waals surface area (Å²) in [6.45, 7) is 7.04. The van der Waals surface area contributed by atoms with Crippen molar-refractivity contribution in [3.8, 4) is 0 Å². The van der Waals surface area contributed by atoms with Gasteiger partial charge >= 0.3 is 6.09 Å². The van der Waals surface area contributed by atoms with Crippen LogP contribution in [-0.4, -0.2) is 42.8 Å². The fraction of sp³-hybridized carbons (Fsp3) is 0.556. The van der Waals surface area contributed by atoms with E-state index >= 15 is 0 Å². The van der Waals surface area contributed by atoms with Gasteiger partial charge in [-0.2, -0.15) is 0 Å². The van der Waals surface area contributed by atoms with E-state index in [-0.39, 0.29) is 11.9 Å². The summed E-state index contributed by atoms with van der Waals surface area (Å²) in [5.74, 6) is -0.182. The molecule has 0 aliphatic carbocycles. The van der Waals surface area contributed by atoms with Gasteiger partial charge < -0.3 is 20.7 Å². The maximum Gasteiger partial charge on any atom is 0.408 e. The van der Waals surface area contributed by atoms with Crippen LogP contribution < -0.4 is 16.0 Å². The van der Waals surface area contributed by atoms with E-state index in [2.05, 4.69) is 16.0 Å². The Bertz CT molecular complexity index is 548. The van der Waals surface area contributed by atoms with E-state index < -0.39 is 17.7 Å². The molecule has 0 unspecified atom stereocenters. The molecule has 1 fully saturated rings. The average molecular weight is 333 g/mol. The Labute approximate surface area is 143 Å². The van der Waals surface area contributed by atoms with Crippen molar-refractivity contribution in [3.63, 3.8) is 0 Å². The summed E-state index contributed by atoms with van der Waals surface area (Å²) in [5, 5.41) is 8.91. The molecule has 1 saturated heterocycles. The Morgan fingerprint density at radius 3 is 2.58 bits per heavy atom. The first-order chi connectivity index (χ1) is 11.3. The van der Waals surface area contributed by atoms with Crippen LogP contribution in [0.15, 0.2) is 30.3 Å². The Morgan fingerprint density at radius 2 is 2.00 bits per heavy atom. The highest BCUT2D eigenvalue weighted by Gasteiger charge is 2.27. The molecular weight excluding hydrogens is 306 g/mol. The zero-order valence-electron chi connectivity index (χ0n) is 14.6. The number of rotatable bonds is 5. The van der Waals surface area contributed by atoms with Crippen LogP contribution in [0.25, 0.3) is 0 Å². The molecule has 6 nitrogen and oxygen atoms in total. The zero-order chi connectivity index (χ0) is 17.6. The van der Waals surface area contributed by atoms with Gasteiger partial charge in [0.05, 0.1) is 0 Å². The molecule has 2 atom stereocenters. The SMILES string of the molecule is CC(C)(C)OC(=O)N[C@@H](Cc1ccccc1)C(=O)N[C@@H]1CCNC1. The quantitative estimate of drug-likeness (QED) is 0.765. The number of carbonyl (C=O) groups is 2. The maximum absolute atomic E-state index is 12.6. The van der Waals surface area contributed by atoms with Crippen molar-refractivity contribution < 1.29 is 14.3 Å². The molecule has 3 N–H and O–H groups in total. The third-order valence-corrected chi connectivity index (χ3v) is 3.70. The molecule has 1 aromatic rings. The van der Waals surface area contributed by atoms with Gasteiger partial charge in [-0.15, -0.1) is 0 Å². The fourth-order valence-electron chi connectivity index (χ4n) is 2.59. The van der Waals surface area contributed by atoms with Gasteiger partial charge in [-0.1, -0.05) is 30.3 Å². The van der Waals surface area contributed by atoms with Gasteiger partial charge in [-0.05, 0) is 39.3 Å². The second-order valence-electron chi connectivity index (χ2n) is 7.09. The van der Waals surface area contributed by atoms with E-state index in [9.17, 15) is 9.59 Å². The molecule has 132 valence electrons. The lowest BCUT2D eigenvalue weighted by Crippen LogP contribution is -2.52. The molecule has 1 aliphatic heterocycles. The molecule has 1 heterocycles. The Morgan fingerprint density at radius 1 is 1.29 bits per heavy atom. The third-order valence-electron chi connectivity index (χ3n) is 3.70. The summed E-state index contributed by atoms with van der Waals surface area (Å²) >= 11 is 0. The van der Waals surface area contributed by atoms with Crippen LogP contribution in [0.5, 0.6) is 0 Å². The van der Waals surface area contributed by atoms with Crippen LogP contribution in [0.4, 0.5) is 4.79 Å². The highest BCUT2D eigenvalue weighted by Crippen LogP contribution is 2.09. The van der Waals surface area contributed by atoms with E-state index in [4.69, 9.17) is 4.74 Å². The van der Waals surface area contributed by atoms with Crippen LogP contribution in [0.2, 0.25) is 0 Å². The zero-order valence-corrected chi connectivity index (χ0v) is 14.6. The standard InChI is InChI=1S/C18H27N3O3/c1-18(2,3)24-17(23)21-15(11-13-7-5-4-6-8-13)16(22)20-14-9-10-19-12-14/h4-8,14-15,19H,9-12H2,1-3H3,(H,20,22)(H,21,23)/t14-,15+/m1/s1. The molecule has 0 aromatic heterocycles. The minimum Gasteiger partial charge on any atom is -0.444 e. The number of hydrogen-bond acceptors (Lipinski definition) is 4. The maximum atomic E-state index is 12.6. The number of alkyl carbamates (subject to hydrolysis) is 1. The van der Waals surface area contributed by atoms with Gasteiger partial charge in [0, 0.05) is 19.0 Å². The number of nitrogens with one attached hydrogen (secondary N) is 3. The lowest BCUT2D eigenvalue weighted by atomic mass is 10.0. The van der Waals surface area contributed by atoms with Crippen LogP contribution in [0.3, 0.4) is 0 Å². The first-order valence-corrected chi connectivity index (χ1v) is 8.38. The summed E-state index contributed by atoms with van der Waals surface area (Å²) in [6.07, 6.45) is 0.741. The summed E-state index contributed by atoms with van der Waals surface area (Å²) in [7, 11) is 0. The number of hydrogen-bond donors (Lipinski definition) is 3. The first-order valence-electron chi connectivity index (χ1n) is 8.38. The predicted molar refractivity (Wildman–Crippen MR) is 92.7 cm³/mol. The Balaban J connectivity index is 2.02. The number of carbonyl (C=O) groups excluding carboxylic acids is 2. The largest absolute Gasteiger partial charge is 0.444 e. The van der Waals surface area contributed by atoms with Crippen LogP contribution in [-0.2, 0) is 16.0 Å². The number of ether oxygens (including phenoxy) is 1. The van der Waals surface area contributed by atoms with Gasteiger partial charge in [0.15, 0.2) is 0 Å². The number of benzene rings is 1. The molecule has 2 rings (SSSR count). The molecule has 0 spiro atoms. The number of amides is 2. The fourth-order valence-corrected chi connectivity index (χ4v) is 2.59. The van der Waals surface area contributed by atoms with Crippen molar-refractivity contribution in [3.05, 3.63) is 35.9 Å². The second-order valence-corrected chi connectivity index (χ2v) is 7.09. The minimum atomic E-state index is -0.664. The van der Waals surface area contributed by atoms with Crippen molar-refractivity contribution >= 4 is 12.0 Å². The summed E-state index contributed by atoms with van der Waals surface area (Å²) in [5.41, 5.74) is 0.381. The van der Waals surface area contributed by atoms with Gasteiger partial charge in [-0.25, -0.2) is 4.79 Å². The molecule has 6 heteroatoms. The predicted octanol–water partition coefficient (Wildman–Crippen LogP) is 1.60. The van der Waals surface area contributed by atoms with Crippen molar-refractivity contribution in [2.24, 2.45) is 0 Å². The summed E-state index contributed by atoms with van der Waals surface area (Å²) in [4.78, 5) is 24.7. The van der Waals surface area contributed by atoms with Gasteiger partial charge in [0.1, 0.15) is 11.6 Å². The third kappa shape index (κ3) is 6.20. The Hall–Kier alpha value is -2.08. The van der Waals surface area contributed by atoms with Crippen LogP contribution in [0, 0.1) is 0 Å². The van der Waals surface area contributed by atoms with E-state index in [1.807, 2.05) is 30.3 Å². The smallest absolute Gasteiger partial charge is 0.408 e. The van der Waals surface area contributed by atoms with E-state index in [0.29, 0.717) is 6.42 Å². The van der Waals surface area contributed by atoms with Crippen molar-refractivity contribution in [1.82, 2.24) is 16.0 Å². The minimum absolute atomic E-state index is 0.108. The van der Waals surface area contributed by atoms with Crippen LogP contribution in [0.1, 0.15) is 32.8 Å². The van der Waals surface area contributed by atoms with E-state index in [1.165, 1.54) is 0 Å². The molecular formula is C18H27N3O3. The molecule has 0 bridgehead atoms. The molecule has 2 amide bonds. The summed E-state index contributed by atoms with van der Waals surface area (Å²) < 4.78 is 5.28. The summed E-state index contributed by atoms with van der Waals surface area (Å²) in [6, 6.07) is 9.07. The first kappa shape index (κ1) is 18.3. The molecule has 1 aromatic carbocycles. The topological polar surface area (TPSA) is 79.5 Å². The van der Waals surface area contributed by atoms with Crippen molar-refractivity contribution in [2.45, 2.75) is 51.3 Å². The second kappa shape index (κ2) is 8.15. The monoisotopic (exact) mass is 333 g/mol. The van der Waals surface area contributed by atoms with Gasteiger partial charge in [-0.3, -0.25) is 4.79 Å². The molecule has 1 aliphatic rings.